The Balaban J connectivity index is 1.99. The topological polar surface area (TPSA) is 16.1 Å². The molecule has 0 radical (unpaired) electrons. The molecule has 0 amide bonds. The van der Waals surface area contributed by atoms with Crippen molar-refractivity contribution < 1.29 is 8.78 Å². The Morgan fingerprint density at radius 2 is 2.00 bits per heavy atom. The van der Waals surface area contributed by atoms with E-state index in [0.717, 1.165) is 12.3 Å². The summed E-state index contributed by atoms with van der Waals surface area (Å²) in [5, 5.41) is 0. The third-order valence-corrected chi connectivity index (χ3v) is 3.48. The van der Waals surface area contributed by atoms with E-state index in [1.165, 1.54) is 32.1 Å². The standard InChI is InChI=1S/C13H18F2N2/c1-17(11-5-3-2-4-6-11)9-13-12(15)7-10(14)8-16-13/h7-8,11H,2-6,9H2,1H3. The van der Waals surface area contributed by atoms with Gasteiger partial charge in [0.25, 0.3) is 0 Å². The van der Waals surface area contributed by atoms with Crippen molar-refractivity contribution in [3.05, 3.63) is 29.6 Å². The zero-order valence-electron chi connectivity index (χ0n) is 10.1. The van der Waals surface area contributed by atoms with Crippen LogP contribution in [0.5, 0.6) is 0 Å². The first kappa shape index (κ1) is 12.4. The summed E-state index contributed by atoms with van der Waals surface area (Å²) in [6.45, 7) is 0.455. The van der Waals surface area contributed by atoms with E-state index in [4.69, 9.17) is 0 Å². The van der Waals surface area contributed by atoms with Gasteiger partial charge in [0.15, 0.2) is 0 Å². The summed E-state index contributed by atoms with van der Waals surface area (Å²) in [6, 6.07) is 1.41. The third kappa shape index (κ3) is 3.22. The second-order valence-electron chi connectivity index (χ2n) is 4.79. The summed E-state index contributed by atoms with van der Waals surface area (Å²) < 4.78 is 26.2. The normalized spacial score (nSPS) is 17.6. The molecule has 0 aromatic carbocycles. The Bertz CT molecular complexity index is 376. The number of nitrogens with zero attached hydrogens (tertiary/aromatic N) is 2. The number of hydrogen-bond acceptors (Lipinski definition) is 2. The monoisotopic (exact) mass is 240 g/mol. The summed E-state index contributed by atoms with van der Waals surface area (Å²) in [7, 11) is 1.99. The van der Waals surface area contributed by atoms with E-state index in [-0.39, 0.29) is 0 Å². The van der Waals surface area contributed by atoms with Gasteiger partial charge in [0, 0.05) is 18.7 Å². The number of hydrogen-bond donors (Lipinski definition) is 0. The molecular formula is C13H18F2N2. The van der Waals surface area contributed by atoms with Crippen molar-refractivity contribution in [3.63, 3.8) is 0 Å². The molecule has 1 aromatic rings. The van der Waals surface area contributed by atoms with Crippen molar-refractivity contribution in [2.24, 2.45) is 0 Å². The number of aromatic nitrogens is 1. The Morgan fingerprint density at radius 1 is 1.29 bits per heavy atom. The van der Waals surface area contributed by atoms with Crippen LogP contribution in [-0.2, 0) is 6.54 Å². The van der Waals surface area contributed by atoms with Crippen LogP contribution in [0.3, 0.4) is 0 Å². The van der Waals surface area contributed by atoms with E-state index in [1.54, 1.807) is 0 Å². The van der Waals surface area contributed by atoms with Gasteiger partial charge in [-0.05, 0) is 19.9 Å². The Kier molecular flexibility index (Phi) is 4.05. The van der Waals surface area contributed by atoms with Crippen LogP contribution in [0.2, 0.25) is 0 Å². The lowest BCUT2D eigenvalue weighted by Gasteiger charge is -2.30. The maximum atomic E-state index is 13.4. The van der Waals surface area contributed by atoms with Crippen molar-refractivity contribution in [2.45, 2.75) is 44.7 Å². The molecule has 1 fully saturated rings. The quantitative estimate of drug-likeness (QED) is 0.807. The smallest absolute Gasteiger partial charge is 0.148 e. The highest BCUT2D eigenvalue weighted by atomic mass is 19.1. The second kappa shape index (κ2) is 5.54. The molecule has 1 heterocycles. The van der Waals surface area contributed by atoms with Crippen LogP contribution in [0.25, 0.3) is 0 Å². The molecular weight excluding hydrogens is 222 g/mol. The highest BCUT2D eigenvalue weighted by Gasteiger charge is 2.19. The SMILES string of the molecule is CN(Cc1ncc(F)cc1F)C1CCCCC1. The van der Waals surface area contributed by atoms with Crippen LogP contribution in [0.1, 0.15) is 37.8 Å². The lowest BCUT2D eigenvalue weighted by molar-refractivity contribution is 0.180. The predicted octanol–water partition coefficient (Wildman–Crippen LogP) is 3.12. The van der Waals surface area contributed by atoms with Crippen molar-refractivity contribution in [1.82, 2.24) is 9.88 Å². The molecule has 0 aliphatic heterocycles. The highest BCUT2D eigenvalue weighted by molar-refractivity contribution is 5.08. The van der Waals surface area contributed by atoms with E-state index < -0.39 is 11.6 Å². The molecule has 2 rings (SSSR count). The lowest BCUT2D eigenvalue weighted by Crippen LogP contribution is -2.33. The third-order valence-electron chi connectivity index (χ3n) is 3.48. The van der Waals surface area contributed by atoms with Crippen LogP contribution in [0.4, 0.5) is 8.78 Å². The molecule has 1 aliphatic rings. The van der Waals surface area contributed by atoms with E-state index in [0.29, 0.717) is 18.3 Å². The molecule has 1 aliphatic carbocycles. The first-order chi connectivity index (χ1) is 8.16. The van der Waals surface area contributed by atoms with Gasteiger partial charge in [0.1, 0.15) is 11.6 Å². The molecule has 4 heteroatoms. The zero-order chi connectivity index (χ0) is 12.3. The van der Waals surface area contributed by atoms with Crippen LogP contribution in [0.15, 0.2) is 12.3 Å². The average molecular weight is 240 g/mol. The fraction of sp³-hybridized carbons (Fsp3) is 0.615. The Morgan fingerprint density at radius 3 is 2.65 bits per heavy atom. The highest BCUT2D eigenvalue weighted by Crippen LogP contribution is 2.22. The van der Waals surface area contributed by atoms with Gasteiger partial charge < -0.3 is 0 Å². The number of pyridine rings is 1. The molecule has 0 atom stereocenters. The minimum Gasteiger partial charge on any atom is -0.297 e. The van der Waals surface area contributed by atoms with Crippen molar-refractivity contribution in [3.8, 4) is 0 Å². The Labute approximate surface area is 101 Å². The maximum absolute atomic E-state index is 13.4. The van der Waals surface area contributed by atoms with Gasteiger partial charge in [-0.25, -0.2) is 8.78 Å². The molecule has 2 nitrogen and oxygen atoms in total. The first-order valence-electron chi connectivity index (χ1n) is 6.17. The van der Waals surface area contributed by atoms with Gasteiger partial charge in [-0.3, -0.25) is 9.88 Å². The van der Waals surface area contributed by atoms with Gasteiger partial charge in [-0.15, -0.1) is 0 Å². The van der Waals surface area contributed by atoms with Gasteiger partial charge in [-0.1, -0.05) is 19.3 Å². The molecule has 0 N–H and O–H groups in total. The van der Waals surface area contributed by atoms with Gasteiger partial charge >= 0.3 is 0 Å². The summed E-state index contributed by atoms with van der Waals surface area (Å²) >= 11 is 0. The lowest BCUT2D eigenvalue weighted by atomic mass is 9.94. The fourth-order valence-corrected chi connectivity index (χ4v) is 2.45. The average Bonchev–Trinajstić information content (AvgIpc) is 2.34. The first-order valence-corrected chi connectivity index (χ1v) is 6.17. The molecule has 1 aromatic heterocycles. The number of rotatable bonds is 3. The largest absolute Gasteiger partial charge is 0.297 e. The van der Waals surface area contributed by atoms with Crippen molar-refractivity contribution >= 4 is 0 Å². The van der Waals surface area contributed by atoms with E-state index >= 15 is 0 Å². The van der Waals surface area contributed by atoms with Crippen LogP contribution in [-0.4, -0.2) is 23.0 Å². The van der Waals surface area contributed by atoms with Crippen molar-refractivity contribution in [1.29, 1.82) is 0 Å². The number of halogens is 2. The second-order valence-corrected chi connectivity index (χ2v) is 4.79. The summed E-state index contributed by atoms with van der Waals surface area (Å²) in [4.78, 5) is 5.95. The molecule has 0 spiro atoms. The zero-order valence-corrected chi connectivity index (χ0v) is 10.1. The fourth-order valence-electron chi connectivity index (χ4n) is 2.45. The molecule has 0 bridgehead atoms. The molecule has 17 heavy (non-hydrogen) atoms. The molecule has 94 valence electrons. The van der Waals surface area contributed by atoms with E-state index in [9.17, 15) is 8.78 Å². The van der Waals surface area contributed by atoms with Crippen molar-refractivity contribution in [2.75, 3.05) is 7.05 Å². The van der Waals surface area contributed by atoms with Gasteiger partial charge in [0.2, 0.25) is 0 Å². The van der Waals surface area contributed by atoms with Gasteiger partial charge in [-0.2, -0.15) is 0 Å². The summed E-state index contributed by atoms with van der Waals surface area (Å²) in [5.41, 5.74) is 0.333. The van der Waals surface area contributed by atoms with Crippen LogP contribution in [0, 0.1) is 11.6 Å². The minimum absolute atomic E-state index is 0.333. The molecule has 0 unspecified atom stereocenters. The Hall–Kier alpha value is -1.03. The summed E-state index contributed by atoms with van der Waals surface area (Å²) in [5.74, 6) is -1.17. The van der Waals surface area contributed by atoms with Crippen LogP contribution >= 0.6 is 0 Å². The molecule has 0 saturated heterocycles. The minimum atomic E-state index is -0.619. The van der Waals surface area contributed by atoms with E-state index in [1.807, 2.05) is 7.05 Å². The van der Waals surface area contributed by atoms with Crippen LogP contribution < -0.4 is 0 Å². The summed E-state index contributed by atoms with van der Waals surface area (Å²) in [6.07, 6.45) is 7.20. The maximum Gasteiger partial charge on any atom is 0.148 e. The molecule has 1 saturated carbocycles. The predicted molar refractivity (Wildman–Crippen MR) is 62.5 cm³/mol. The van der Waals surface area contributed by atoms with E-state index in [2.05, 4.69) is 9.88 Å². The van der Waals surface area contributed by atoms with Gasteiger partial charge in [0.05, 0.1) is 11.9 Å².